The molecule has 3 heteroatoms. The minimum absolute atomic E-state index is 0.383. The van der Waals surface area contributed by atoms with E-state index in [0.717, 1.165) is 38.5 Å². The summed E-state index contributed by atoms with van der Waals surface area (Å²) >= 11 is 0. The van der Waals surface area contributed by atoms with Gasteiger partial charge in [-0.25, -0.2) is 0 Å². The maximum Gasteiger partial charge on any atom is 0.0582 e. The maximum atomic E-state index is 6.26. The molecule has 0 aliphatic heterocycles. The first-order chi connectivity index (χ1) is 8.06. The van der Waals surface area contributed by atoms with Gasteiger partial charge in [0.25, 0.3) is 0 Å². The van der Waals surface area contributed by atoms with Crippen LogP contribution < -0.4 is 11.5 Å². The summed E-state index contributed by atoms with van der Waals surface area (Å²) in [6.07, 6.45) is 7.68. The summed E-state index contributed by atoms with van der Waals surface area (Å²) in [5, 5.41) is 0. The first-order valence-corrected chi connectivity index (χ1v) is 7.23. The third kappa shape index (κ3) is 3.43. The van der Waals surface area contributed by atoms with Gasteiger partial charge >= 0.3 is 0 Å². The van der Waals surface area contributed by atoms with Crippen LogP contribution in [-0.2, 0) is 4.74 Å². The highest BCUT2D eigenvalue weighted by Gasteiger charge is 2.30. The summed E-state index contributed by atoms with van der Waals surface area (Å²) < 4.78 is 6.26. The molecule has 100 valence electrons. The number of nitrogens with two attached hydrogens (primary N) is 2. The standard InChI is InChI=1S/C14H28N2O/c1-9-7-11(3-5-13(9)15)17-12-4-6-14(16)10(2)8-12/h9-14H,3-8,15-16H2,1-2H3. The lowest BCUT2D eigenvalue weighted by atomic mass is 9.82. The van der Waals surface area contributed by atoms with E-state index >= 15 is 0 Å². The summed E-state index contributed by atoms with van der Waals surface area (Å²) in [6, 6.07) is 0.766. The molecule has 0 spiro atoms. The molecule has 0 radical (unpaired) electrons. The summed E-state index contributed by atoms with van der Waals surface area (Å²) in [7, 11) is 0. The van der Waals surface area contributed by atoms with Crippen LogP contribution in [0, 0.1) is 11.8 Å². The van der Waals surface area contributed by atoms with Crippen molar-refractivity contribution in [2.75, 3.05) is 0 Å². The second kappa shape index (κ2) is 5.68. The van der Waals surface area contributed by atoms with E-state index in [4.69, 9.17) is 16.2 Å². The Morgan fingerprint density at radius 1 is 0.765 bits per heavy atom. The van der Waals surface area contributed by atoms with Gasteiger partial charge < -0.3 is 16.2 Å². The molecule has 2 aliphatic carbocycles. The molecule has 0 aromatic rings. The fourth-order valence-corrected chi connectivity index (χ4v) is 3.26. The normalized spacial score (nSPS) is 48.0. The van der Waals surface area contributed by atoms with E-state index in [9.17, 15) is 0 Å². The second-order valence-corrected chi connectivity index (χ2v) is 6.29. The Morgan fingerprint density at radius 2 is 1.18 bits per heavy atom. The van der Waals surface area contributed by atoms with Gasteiger partial charge in [-0.15, -0.1) is 0 Å². The fraction of sp³-hybridized carbons (Fsp3) is 1.00. The average Bonchev–Trinajstić information content (AvgIpc) is 2.29. The summed E-state index contributed by atoms with van der Waals surface area (Å²) in [6.45, 7) is 4.50. The molecule has 0 aromatic carbocycles. The Labute approximate surface area is 105 Å². The molecule has 0 saturated heterocycles. The zero-order chi connectivity index (χ0) is 12.4. The molecule has 0 aromatic heterocycles. The van der Waals surface area contributed by atoms with Crippen LogP contribution in [0.4, 0.5) is 0 Å². The van der Waals surface area contributed by atoms with Gasteiger partial charge in [-0.1, -0.05) is 13.8 Å². The predicted molar refractivity (Wildman–Crippen MR) is 70.6 cm³/mol. The van der Waals surface area contributed by atoms with E-state index < -0.39 is 0 Å². The molecular weight excluding hydrogens is 212 g/mol. The van der Waals surface area contributed by atoms with Crippen molar-refractivity contribution in [3.05, 3.63) is 0 Å². The molecule has 2 saturated carbocycles. The highest BCUT2D eigenvalue weighted by molar-refractivity contribution is 4.84. The van der Waals surface area contributed by atoms with Crippen LogP contribution >= 0.6 is 0 Å². The zero-order valence-corrected chi connectivity index (χ0v) is 11.3. The first kappa shape index (κ1) is 13.3. The van der Waals surface area contributed by atoms with Crippen molar-refractivity contribution in [3.8, 4) is 0 Å². The molecule has 0 heterocycles. The van der Waals surface area contributed by atoms with Crippen LogP contribution in [0.3, 0.4) is 0 Å². The van der Waals surface area contributed by atoms with Gasteiger partial charge in [0.05, 0.1) is 12.2 Å². The van der Waals surface area contributed by atoms with Gasteiger partial charge in [0.15, 0.2) is 0 Å². The Kier molecular flexibility index (Phi) is 4.45. The lowest BCUT2D eigenvalue weighted by Crippen LogP contribution is -2.42. The predicted octanol–water partition coefficient (Wildman–Crippen LogP) is 2.03. The van der Waals surface area contributed by atoms with Gasteiger partial charge in [-0.05, 0) is 50.4 Å². The molecule has 2 rings (SSSR count). The minimum atomic E-state index is 0.383. The topological polar surface area (TPSA) is 61.3 Å². The van der Waals surface area contributed by atoms with Crippen molar-refractivity contribution in [3.63, 3.8) is 0 Å². The van der Waals surface area contributed by atoms with E-state index in [-0.39, 0.29) is 0 Å². The smallest absolute Gasteiger partial charge is 0.0582 e. The monoisotopic (exact) mass is 240 g/mol. The van der Waals surface area contributed by atoms with Crippen molar-refractivity contribution < 1.29 is 4.74 Å². The van der Waals surface area contributed by atoms with Crippen molar-refractivity contribution in [2.45, 2.75) is 76.7 Å². The number of ether oxygens (including phenoxy) is 1. The Balaban J connectivity index is 1.78. The van der Waals surface area contributed by atoms with Crippen LogP contribution in [0.2, 0.25) is 0 Å². The number of hydrogen-bond acceptors (Lipinski definition) is 3. The molecular formula is C14H28N2O. The van der Waals surface area contributed by atoms with E-state index in [1.165, 1.54) is 0 Å². The molecule has 2 fully saturated rings. The van der Waals surface area contributed by atoms with Crippen molar-refractivity contribution in [1.82, 2.24) is 0 Å². The SMILES string of the molecule is CC1CC(OC2CCC(N)C(C)C2)CCC1N. The van der Waals surface area contributed by atoms with Crippen LogP contribution in [0.1, 0.15) is 52.4 Å². The quantitative estimate of drug-likeness (QED) is 0.776. The highest BCUT2D eigenvalue weighted by atomic mass is 16.5. The van der Waals surface area contributed by atoms with E-state index in [0.29, 0.717) is 36.1 Å². The molecule has 4 N–H and O–H groups in total. The van der Waals surface area contributed by atoms with Crippen LogP contribution in [0.15, 0.2) is 0 Å². The fourth-order valence-electron chi connectivity index (χ4n) is 3.26. The van der Waals surface area contributed by atoms with Crippen LogP contribution in [-0.4, -0.2) is 24.3 Å². The molecule has 6 unspecified atom stereocenters. The molecule has 6 atom stereocenters. The van der Waals surface area contributed by atoms with Crippen molar-refractivity contribution in [1.29, 1.82) is 0 Å². The summed E-state index contributed by atoms with van der Waals surface area (Å²) in [5.74, 6) is 1.22. The summed E-state index contributed by atoms with van der Waals surface area (Å²) in [5.41, 5.74) is 12.1. The van der Waals surface area contributed by atoms with Crippen molar-refractivity contribution >= 4 is 0 Å². The lowest BCUT2D eigenvalue weighted by molar-refractivity contribution is -0.0649. The molecule has 0 amide bonds. The molecule has 0 bridgehead atoms. The van der Waals surface area contributed by atoms with Crippen LogP contribution in [0.5, 0.6) is 0 Å². The van der Waals surface area contributed by atoms with Crippen LogP contribution in [0.25, 0.3) is 0 Å². The van der Waals surface area contributed by atoms with Gasteiger partial charge in [0.2, 0.25) is 0 Å². The number of rotatable bonds is 2. The average molecular weight is 240 g/mol. The van der Waals surface area contributed by atoms with Crippen molar-refractivity contribution in [2.24, 2.45) is 23.3 Å². The summed E-state index contributed by atoms with van der Waals surface area (Å²) in [4.78, 5) is 0. The molecule has 17 heavy (non-hydrogen) atoms. The molecule has 2 aliphatic rings. The zero-order valence-electron chi connectivity index (χ0n) is 11.3. The van der Waals surface area contributed by atoms with Gasteiger partial charge in [0, 0.05) is 12.1 Å². The molecule has 3 nitrogen and oxygen atoms in total. The van der Waals surface area contributed by atoms with Gasteiger partial charge in [-0.3, -0.25) is 0 Å². The third-order valence-electron chi connectivity index (χ3n) is 4.76. The second-order valence-electron chi connectivity index (χ2n) is 6.29. The van der Waals surface area contributed by atoms with Gasteiger partial charge in [0.1, 0.15) is 0 Å². The Morgan fingerprint density at radius 3 is 1.53 bits per heavy atom. The Bertz CT molecular complexity index is 222. The van der Waals surface area contributed by atoms with E-state index in [2.05, 4.69) is 13.8 Å². The van der Waals surface area contributed by atoms with Gasteiger partial charge in [-0.2, -0.15) is 0 Å². The third-order valence-corrected chi connectivity index (χ3v) is 4.76. The first-order valence-electron chi connectivity index (χ1n) is 7.23. The minimum Gasteiger partial charge on any atom is -0.375 e. The Hall–Kier alpha value is -0.120. The number of hydrogen-bond donors (Lipinski definition) is 2. The van der Waals surface area contributed by atoms with E-state index in [1.807, 2.05) is 0 Å². The van der Waals surface area contributed by atoms with E-state index in [1.54, 1.807) is 0 Å². The maximum absolute atomic E-state index is 6.26. The highest BCUT2D eigenvalue weighted by Crippen LogP contribution is 2.31. The largest absolute Gasteiger partial charge is 0.375 e. The lowest BCUT2D eigenvalue weighted by Gasteiger charge is -2.37.